The molecule has 234 valence electrons. The van der Waals surface area contributed by atoms with E-state index in [1.165, 1.54) is 31.2 Å². The average molecular weight is 626 g/mol. The van der Waals surface area contributed by atoms with E-state index >= 15 is 0 Å². The molecule has 1 fully saturated rings. The largest absolute Gasteiger partial charge is 0.489 e. The van der Waals surface area contributed by atoms with E-state index in [9.17, 15) is 32.3 Å². The predicted octanol–water partition coefficient (Wildman–Crippen LogP) is 4.00. The van der Waals surface area contributed by atoms with E-state index in [1.807, 2.05) is 0 Å². The molecule has 2 aliphatic rings. The van der Waals surface area contributed by atoms with Crippen LogP contribution in [0.2, 0.25) is 0 Å². The first-order valence-corrected chi connectivity index (χ1v) is 14.0. The van der Waals surface area contributed by atoms with E-state index in [0.717, 1.165) is 31.0 Å². The van der Waals surface area contributed by atoms with E-state index in [2.05, 4.69) is 20.5 Å². The lowest BCUT2D eigenvalue weighted by molar-refractivity contribution is -0.265. The summed E-state index contributed by atoms with van der Waals surface area (Å²) in [7, 11) is 0. The number of primary amides is 1. The number of hydrogen-bond donors (Lipinski definition) is 3. The van der Waals surface area contributed by atoms with Crippen LogP contribution in [-0.2, 0) is 15.8 Å². The van der Waals surface area contributed by atoms with E-state index < -0.39 is 47.1 Å². The van der Waals surface area contributed by atoms with Gasteiger partial charge in [0.25, 0.3) is 5.91 Å². The minimum Gasteiger partial charge on any atom is -0.489 e. The molecule has 1 aliphatic heterocycles. The Balaban J connectivity index is 1.40. The number of amides is 2. The number of pyridine rings is 1. The van der Waals surface area contributed by atoms with Crippen molar-refractivity contribution in [3.8, 4) is 22.8 Å². The van der Waals surface area contributed by atoms with Crippen molar-refractivity contribution in [2.45, 2.75) is 50.0 Å². The highest BCUT2D eigenvalue weighted by molar-refractivity contribution is 6.00. The van der Waals surface area contributed by atoms with Crippen LogP contribution < -0.4 is 20.5 Å². The molecular formula is C31H27F4N5O5. The van der Waals surface area contributed by atoms with Gasteiger partial charge in [-0.05, 0) is 75.2 Å². The molecular weight excluding hydrogens is 598 g/mol. The number of halogens is 4. The van der Waals surface area contributed by atoms with E-state index in [4.69, 9.17) is 15.2 Å². The van der Waals surface area contributed by atoms with Crippen molar-refractivity contribution in [2.75, 3.05) is 13.2 Å². The number of aliphatic hydroxyl groups is 1. The predicted molar refractivity (Wildman–Crippen MR) is 152 cm³/mol. The molecule has 10 nitrogen and oxygen atoms in total. The second-order valence-corrected chi connectivity index (χ2v) is 11.5. The maximum absolute atomic E-state index is 14.8. The van der Waals surface area contributed by atoms with Crippen molar-refractivity contribution >= 4 is 22.7 Å². The van der Waals surface area contributed by atoms with Gasteiger partial charge >= 0.3 is 6.18 Å². The lowest BCUT2D eigenvalue weighted by Gasteiger charge is -2.31. The van der Waals surface area contributed by atoms with Crippen molar-refractivity contribution in [2.24, 2.45) is 5.73 Å². The quantitative estimate of drug-likeness (QED) is 0.249. The number of hydrogen-bond acceptors (Lipinski definition) is 8. The van der Waals surface area contributed by atoms with Crippen molar-refractivity contribution in [1.29, 1.82) is 0 Å². The van der Waals surface area contributed by atoms with Gasteiger partial charge in [0.05, 0.1) is 24.0 Å². The Kier molecular flexibility index (Phi) is 7.14. The number of nitrogens with zero attached hydrogens (tertiary/aromatic N) is 3. The van der Waals surface area contributed by atoms with Crippen LogP contribution in [0.3, 0.4) is 0 Å². The zero-order valence-corrected chi connectivity index (χ0v) is 24.0. The topological polar surface area (TPSA) is 150 Å². The van der Waals surface area contributed by atoms with Gasteiger partial charge in [-0.15, -0.1) is 5.10 Å². The molecule has 2 atom stereocenters. The molecule has 0 saturated heterocycles. The Hall–Kier alpha value is -4.85. The molecule has 45 heavy (non-hydrogen) atoms. The number of ether oxygens (including phenoxy) is 2. The van der Waals surface area contributed by atoms with Crippen molar-refractivity contribution in [3.05, 3.63) is 76.9 Å². The van der Waals surface area contributed by atoms with Gasteiger partial charge in [-0.1, -0.05) is 0 Å². The third kappa shape index (κ3) is 5.39. The van der Waals surface area contributed by atoms with E-state index in [0.29, 0.717) is 16.6 Å². The number of carbonyl (C=O) groups is 2. The molecule has 0 spiro atoms. The van der Waals surface area contributed by atoms with Crippen LogP contribution in [-0.4, -0.2) is 57.5 Å². The maximum Gasteiger partial charge on any atom is 0.424 e. The molecule has 2 aromatic heterocycles. The number of nitrogens with two attached hydrogens (primary N) is 1. The lowest BCUT2D eigenvalue weighted by Crippen LogP contribution is -2.51. The second-order valence-electron chi connectivity index (χ2n) is 11.5. The number of fused-ring (bicyclic) bond motifs is 2. The second kappa shape index (κ2) is 10.6. The molecule has 0 unspecified atom stereocenters. The number of nitrogens with one attached hydrogen (secondary N) is 1. The first kappa shape index (κ1) is 30.2. The standard InChI is InChI=1S/C31H27F4N5O5/c1-15-9-17-10-18(11-22(24(17)40-39-15)45-20-7-8-20)27(41)37-13-30(43,31(33,34)35)23-12-21-26(44-14-29(21,2)28(36)42)25(38-23)16-3-5-19(32)6-4-16/h3-6,9-12,20,43H,7-8,13-14H2,1-2H3,(H2,36,42)(H,37,41)/t29-,30-/m0/s1. The lowest BCUT2D eigenvalue weighted by atomic mass is 9.81. The van der Waals surface area contributed by atoms with Crippen LogP contribution in [0.5, 0.6) is 11.5 Å². The van der Waals surface area contributed by atoms with E-state index in [1.54, 1.807) is 13.0 Å². The van der Waals surface area contributed by atoms with Gasteiger partial charge in [0, 0.05) is 22.1 Å². The van der Waals surface area contributed by atoms with Crippen LogP contribution in [0.15, 0.2) is 48.5 Å². The van der Waals surface area contributed by atoms with Gasteiger partial charge in [-0.2, -0.15) is 18.3 Å². The van der Waals surface area contributed by atoms with Gasteiger partial charge in [0.1, 0.15) is 40.5 Å². The highest BCUT2D eigenvalue weighted by atomic mass is 19.4. The Bertz CT molecular complexity index is 1850. The molecule has 1 aliphatic carbocycles. The summed E-state index contributed by atoms with van der Waals surface area (Å²) in [6, 6.07) is 10.1. The first-order chi connectivity index (χ1) is 21.2. The summed E-state index contributed by atoms with van der Waals surface area (Å²) >= 11 is 0. The van der Waals surface area contributed by atoms with Crippen molar-refractivity contribution in [1.82, 2.24) is 20.5 Å². The van der Waals surface area contributed by atoms with Crippen LogP contribution >= 0.6 is 0 Å². The molecule has 2 amide bonds. The minimum absolute atomic E-state index is 0.0290. The minimum atomic E-state index is -5.36. The first-order valence-electron chi connectivity index (χ1n) is 14.0. The molecule has 4 aromatic rings. The van der Waals surface area contributed by atoms with Gasteiger partial charge < -0.3 is 25.6 Å². The van der Waals surface area contributed by atoms with E-state index in [-0.39, 0.29) is 46.6 Å². The summed E-state index contributed by atoms with van der Waals surface area (Å²) in [5, 5.41) is 22.1. The number of carbonyl (C=O) groups excluding carboxylic acids is 2. The zero-order chi connectivity index (χ0) is 32.3. The number of alkyl halides is 3. The molecule has 0 radical (unpaired) electrons. The normalized spacial score (nSPS) is 19.0. The van der Waals surface area contributed by atoms with Gasteiger partial charge in [0.15, 0.2) is 0 Å². The summed E-state index contributed by atoms with van der Waals surface area (Å²) in [6.45, 7) is 1.45. The third-order valence-electron chi connectivity index (χ3n) is 7.99. The zero-order valence-electron chi connectivity index (χ0n) is 24.0. The number of aryl methyl sites for hydroxylation is 1. The Morgan fingerprint density at radius 3 is 2.49 bits per heavy atom. The molecule has 0 bridgehead atoms. The third-order valence-corrected chi connectivity index (χ3v) is 7.99. The Morgan fingerprint density at radius 2 is 1.84 bits per heavy atom. The molecule has 14 heteroatoms. The maximum atomic E-state index is 14.8. The van der Waals surface area contributed by atoms with Crippen LogP contribution in [0.4, 0.5) is 17.6 Å². The smallest absolute Gasteiger partial charge is 0.424 e. The summed E-state index contributed by atoms with van der Waals surface area (Å²) in [5.74, 6) is -2.19. The van der Waals surface area contributed by atoms with Crippen LogP contribution in [0, 0.1) is 12.7 Å². The molecule has 3 heterocycles. The highest BCUT2D eigenvalue weighted by Crippen LogP contribution is 2.47. The van der Waals surface area contributed by atoms with Crippen LogP contribution in [0.1, 0.15) is 47.1 Å². The van der Waals surface area contributed by atoms with Crippen LogP contribution in [0.25, 0.3) is 22.2 Å². The fraction of sp³-hybridized carbons (Fsp3) is 0.323. The van der Waals surface area contributed by atoms with Crippen molar-refractivity contribution < 1.29 is 41.7 Å². The molecule has 6 rings (SSSR count). The summed E-state index contributed by atoms with van der Waals surface area (Å²) in [4.78, 5) is 29.9. The van der Waals surface area contributed by atoms with Gasteiger partial charge in [-0.25, -0.2) is 9.37 Å². The average Bonchev–Trinajstić information content (AvgIpc) is 3.74. The Labute approximate surface area is 253 Å². The summed E-state index contributed by atoms with van der Waals surface area (Å²) in [6.07, 6.45) is -3.81. The molecule has 1 saturated carbocycles. The fourth-order valence-electron chi connectivity index (χ4n) is 5.06. The number of benzene rings is 2. The molecule has 2 aromatic carbocycles. The number of rotatable bonds is 8. The summed E-state index contributed by atoms with van der Waals surface area (Å²) in [5.41, 5.74) is 0.248. The highest BCUT2D eigenvalue weighted by Gasteiger charge is 2.57. The monoisotopic (exact) mass is 625 g/mol. The molecule has 4 N–H and O–H groups in total. The Morgan fingerprint density at radius 1 is 1.13 bits per heavy atom. The summed E-state index contributed by atoms with van der Waals surface area (Å²) < 4.78 is 69.5. The SMILES string of the molecule is Cc1cc2cc(C(=O)NC[C@](O)(c3cc4c(c(-c5ccc(F)cc5)n3)OC[C@]4(C)C(N)=O)C(F)(F)F)cc(OC3CC3)c2nn1. The van der Waals surface area contributed by atoms with Gasteiger partial charge in [-0.3, -0.25) is 9.59 Å². The van der Waals surface area contributed by atoms with Crippen molar-refractivity contribution in [3.63, 3.8) is 0 Å². The number of aromatic nitrogens is 3. The fourth-order valence-corrected chi connectivity index (χ4v) is 5.06. The van der Waals surface area contributed by atoms with Gasteiger partial charge in [0.2, 0.25) is 11.5 Å².